The maximum Gasteiger partial charge on any atom is 0.283 e. The first kappa shape index (κ1) is 15.9. The molecule has 7 nitrogen and oxygen atoms in total. The summed E-state index contributed by atoms with van der Waals surface area (Å²) in [6, 6.07) is 9.65. The third-order valence-electron chi connectivity index (χ3n) is 3.48. The number of fused-ring (bicyclic) bond motifs is 1. The number of benzene rings is 1. The number of nitrogens with zero attached hydrogens (tertiary/aromatic N) is 3. The van der Waals surface area contributed by atoms with E-state index in [1.165, 1.54) is 18.2 Å². The fraction of sp³-hybridized carbons (Fsp3) is 0.125. The lowest BCUT2D eigenvalue weighted by atomic mass is 10.1. The van der Waals surface area contributed by atoms with Gasteiger partial charge >= 0.3 is 0 Å². The minimum Gasteiger partial charge on any atom is -0.351 e. The van der Waals surface area contributed by atoms with Crippen LogP contribution < -0.4 is 5.32 Å². The number of hydrogen-bond donors (Lipinski definition) is 1. The van der Waals surface area contributed by atoms with Crippen molar-refractivity contribution < 1.29 is 9.72 Å². The molecule has 122 valence electrons. The van der Waals surface area contributed by atoms with Gasteiger partial charge < -0.3 is 9.72 Å². The fourth-order valence-electron chi connectivity index (χ4n) is 2.35. The van der Waals surface area contributed by atoms with Crippen LogP contribution in [0, 0.1) is 10.1 Å². The molecule has 2 heterocycles. The molecule has 0 aliphatic rings. The van der Waals surface area contributed by atoms with Crippen LogP contribution in [0.1, 0.15) is 16.1 Å². The Balaban J connectivity index is 1.66. The molecule has 0 radical (unpaired) electrons. The Morgan fingerprint density at radius 3 is 2.92 bits per heavy atom. The molecule has 1 amide bonds. The molecule has 0 aliphatic carbocycles. The van der Waals surface area contributed by atoms with Gasteiger partial charge in [-0.05, 0) is 24.3 Å². The molecule has 8 heteroatoms. The molecule has 0 atom stereocenters. The van der Waals surface area contributed by atoms with Crippen molar-refractivity contribution in [2.45, 2.75) is 6.42 Å². The number of imidazole rings is 1. The standard InChI is InChI=1S/C16H13ClN4O3/c17-11-4-5-13(14(9-11)21(23)24)16(22)18-7-6-12-10-20-8-2-1-3-15(20)19-12/h1-5,8-10H,6-7H2,(H,18,22). The summed E-state index contributed by atoms with van der Waals surface area (Å²) in [5.74, 6) is -0.512. The molecule has 0 saturated carbocycles. The molecule has 24 heavy (non-hydrogen) atoms. The summed E-state index contributed by atoms with van der Waals surface area (Å²) < 4.78 is 1.89. The van der Waals surface area contributed by atoms with Crippen molar-refractivity contribution in [3.8, 4) is 0 Å². The molecule has 0 fully saturated rings. The lowest BCUT2D eigenvalue weighted by Gasteiger charge is -2.05. The topological polar surface area (TPSA) is 89.5 Å². The molecule has 1 aromatic carbocycles. The van der Waals surface area contributed by atoms with Gasteiger partial charge in [-0.25, -0.2) is 4.98 Å². The number of nitrogens with one attached hydrogen (secondary N) is 1. The monoisotopic (exact) mass is 344 g/mol. The zero-order valence-corrected chi connectivity index (χ0v) is 13.2. The van der Waals surface area contributed by atoms with Gasteiger partial charge in [0.05, 0.1) is 10.6 Å². The van der Waals surface area contributed by atoms with E-state index < -0.39 is 10.8 Å². The highest BCUT2D eigenvalue weighted by Gasteiger charge is 2.20. The van der Waals surface area contributed by atoms with Crippen LogP contribution in [0.3, 0.4) is 0 Å². The summed E-state index contributed by atoms with van der Waals surface area (Å²) >= 11 is 5.74. The van der Waals surface area contributed by atoms with Gasteiger partial charge in [0.25, 0.3) is 11.6 Å². The van der Waals surface area contributed by atoms with Gasteiger partial charge in [0.1, 0.15) is 11.2 Å². The number of pyridine rings is 1. The lowest BCUT2D eigenvalue weighted by Crippen LogP contribution is -2.26. The number of amides is 1. The molecule has 0 aliphatic heterocycles. The Morgan fingerprint density at radius 1 is 1.33 bits per heavy atom. The Kier molecular flexibility index (Phi) is 4.43. The maximum atomic E-state index is 12.2. The van der Waals surface area contributed by atoms with E-state index in [0.717, 1.165) is 11.3 Å². The second kappa shape index (κ2) is 6.67. The molecule has 3 rings (SSSR count). The van der Waals surface area contributed by atoms with Crippen LogP contribution in [0.2, 0.25) is 5.02 Å². The Labute approximate surface area is 142 Å². The number of carbonyl (C=O) groups is 1. The lowest BCUT2D eigenvalue weighted by molar-refractivity contribution is -0.385. The molecule has 0 unspecified atom stereocenters. The van der Waals surface area contributed by atoms with Crippen molar-refractivity contribution in [2.24, 2.45) is 0 Å². The van der Waals surface area contributed by atoms with Crippen LogP contribution in [0.25, 0.3) is 5.65 Å². The predicted molar refractivity (Wildman–Crippen MR) is 89.3 cm³/mol. The number of aromatic nitrogens is 2. The SMILES string of the molecule is O=C(NCCc1cn2ccccc2n1)c1ccc(Cl)cc1[N+](=O)[O-]. The third kappa shape index (κ3) is 3.36. The smallest absolute Gasteiger partial charge is 0.283 e. The van der Waals surface area contributed by atoms with Gasteiger partial charge in [-0.3, -0.25) is 14.9 Å². The number of nitro benzene ring substituents is 1. The summed E-state index contributed by atoms with van der Waals surface area (Å²) in [5.41, 5.74) is 1.33. The van der Waals surface area contributed by atoms with E-state index in [2.05, 4.69) is 10.3 Å². The van der Waals surface area contributed by atoms with E-state index in [0.29, 0.717) is 13.0 Å². The van der Waals surface area contributed by atoms with Crippen LogP contribution >= 0.6 is 11.6 Å². The molecule has 0 bridgehead atoms. The Morgan fingerprint density at radius 2 is 2.17 bits per heavy atom. The first-order valence-corrected chi connectivity index (χ1v) is 7.57. The quantitative estimate of drug-likeness (QED) is 0.569. The average Bonchev–Trinajstić information content (AvgIpc) is 2.97. The normalized spacial score (nSPS) is 10.7. The number of halogens is 1. The number of carbonyl (C=O) groups excluding carboxylic acids is 1. The van der Waals surface area contributed by atoms with Gasteiger partial charge in [0, 0.05) is 36.4 Å². The molecule has 3 aromatic rings. The van der Waals surface area contributed by atoms with E-state index in [-0.39, 0.29) is 16.3 Å². The van der Waals surface area contributed by atoms with Crippen molar-refractivity contribution in [1.82, 2.24) is 14.7 Å². The predicted octanol–water partition coefficient (Wildman–Crippen LogP) is 2.87. The zero-order valence-electron chi connectivity index (χ0n) is 12.5. The van der Waals surface area contributed by atoms with Crippen LogP contribution in [-0.2, 0) is 6.42 Å². The van der Waals surface area contributed by atoms with Gasteiger partial charge in [0.2, 0.25) is 0 Å². The number of rotatable bonds is 5. The highest BCUT2D eigenvalue weighted by molar-refractivity contribution is 6.31. The van der Waals surface area contributed by atoms with Gasteiger partial charge in [-0.1, -0.05) is 17.7 Å². The Bertz CT molecular complexity index is 890. The van der Waals surface area contributed by atoms with Gasteiger partial charge in [-0.15, -0.1) is 0 Å². The first-order chi connectivity index (χ1) is 11.5. The number of hydrogen-bond acceptors (Lipinski definition) is 4. The summed E-state index contributed by atoms with van der Waals surface area (Å²) in [6.45, 7) is 0.322. The van der Waals surface area contributed by atoms with E-state index in [9.17, 15) is 14.9 Å². The zero-order chi connectivity index (χ0) is 17.1. The summed E-state index contributed by atoms with van der Waals surface area (Å²) in [7, 11) is 0. The van der Waals surface area contributed by atoms with Crippen molar-refractivity contribution in [2.75, 3.05) is 6.54 Å². The number of nitro groups is 1. The van der Waals surface area contributed by atoms with Crippen molar-refractivity contribution >= 4 is 28.8 Å². The van der Waals surface area contributed by atoms with Crippen molar-refractivity contribution in [3.63, 3.8) is 0 Å². The third-order valence-corrected chi connectivity index (χ3v) is 3.72. The molecular formula is C16H13ClN4O3. The largest absolute Gasteiger partial charge is 0.351 e. The fourth-order valence-corrected chi connectivity index (χ4v) is 2.52. The minimum absolute atomic E-state index is 0.0144. The molecular weight excluding hydrogens is 332 g/mol. The van der Waals surface area contributed by atoms with Crippen LogP contribution in [0.4, 0.5) is 5.69 Å². The second-order valence-corrected chi connectivity index (χ2v) is 5.56. The van der Waals surface area contributed by atoms with Crippen molar-refractivity contribution in [1.29, 1.82) is 0 Å². The summed E-state index contributed by atoms with van der Waals surface area (Å²) in [5, 5.41) is 13.9. The molecule has 0 spiro atoms. The molecule has 1 N–H and O–H groups in total. The van der Waals surface area contributed by atoms with Crippen molar-refractivity contribution in [3.05, 3.63) is 75.2 Å². The van der Waals surface area contributed by atoms with E-state index in [1.54, 1.807) is 0 Å². The summed E-state index contributed by atoms with van der Waals surface area (Å²) in [4.78, 5) is 27.0. The summed E-state index contributed by atoms with van der Waals surface area (Å²) in [6.07, 6.45) is 4.29. The average molecular weight is 345 g/mol. The Hall–Kier alpha value is -2.93. The van der Waals surface area contributed by atoms with E-state index in [1.807, 2.05) is 35.0 Å². The van der Waals surface area contributed by atoms with Gasteiger partial charge in [-0.2, -0.15) is 0 Å². The maximum absolute atomic E-state index is 12.2. The molecule has 2 aromatic heterocycles. The minimum atomic E-state index is -0.622. The van der Waals surface area contributed by atoms with Gasteiger partial charge in [0.15, 0.2) is 0 Å². The van der Waals surface area contributed by atoms with E-state index in [4.69, 9.17) is 11.6 Å². The second-order valence-electron chi connectivity index (χ2n) is 5.12. The highest BCUT2D eigenvalue weighted by Crippen LogP contribution is 2.23. The van der Waals surface area contributed by atoms with E-state index >= 15 is 0 Å². The first-order valence-electron chi connectivity index (χ1n) is 7.19. The van der Waals surface area contributed by atoms with Crippen LogP contribution in [-0.4, -0.2) is 26.8 Å². The van der Waals surface area contributed by atoms with Crippen LogP contribution in [0.15, 0.2) is 48.8 Å². The van der Waals surface area contributed by atoms with Crippen LogP contribution in [0.5, 0.6) is 0 Å². The molecule has 0 saturated heterocycles. The highest BCUT2D eigenvalue weighted by atomic mass is 35.5.